The monoisotopic (exact) mass is 296 g/mol. The van der Waals surface area contributed by atoms with Crippen molar-refractivity contribution in [3.63, 3.8) is 0 Å². The summed E-state index contributed by atoms with van der Waals surface area (Å²) in [7, 11) is 0. The number of hydrogen-bond donors (Lipinski definition) is 3. The van der Waals surface area contributed by atoms with Gasteiger partial charge in [0.25, 0.3) is 0 Å². The van der Waals surface area contributed by atoms with Crippen molar-refractivity contribution in [1.82, 2.24) is 14.9 Å². The third-order valence-corrected chi connectivity index (χ3v) is 3.82. The average Bonchev–Trinajstić information content (AvgIpc) is 2.81. The number of benzene rings is 1. The lowest BCUT2D eigenvalue weighted by Crippen LogP contribution is -2.50. The van der Waals surface area contributed by atoms with Crippen LogP contribution in [0.3, 0.4) is 0 Å². The van der Waals surface area contributed by atoms with Crippen molar-refractivity contribution in [3.8, 4) is 0 Å². The number of rotatable bonds is 1. The number of aromatic amines is 1. The Morgan fingerprint density at radius 1 is 1.43 bits per heavy atom. The topological polar surface area (TPSA) is 95.2 Å². The smallest absolute Gasteiger partial charge is 0.408 e. The number of hydrogen-bond acceptors (Lipinski definition) is 3. The van der Waals surface area contributed by atoms with E-state index in [0.717, 1.165) is 12.1 Å². The van der Waals surface area contributed by atoms with Gasteiger partial charge in [0.1, 0.15) is 5.82 Å². The first-order valence-electron chi connectivity index (χ1n) is 6.55. The lowest BCUT2D eigenvalue weighted by atomic mass is 9.94. The number of nitrogens with zero attached hydrogens (tertiary/aromatic N) is 2. The van der Waals surface area contributed by atoms with E-state index in [0.29, 0.717) is 36.2 Å². The summed E-state index contributed by atoms with van der Waals surface area (Å²) < 4.78 is 26.4. The summed E-state index contributed by atoms with van der Waals surface area (Å²) in [6.07, 6.45) is -0.681. The number of amides is 1. The molecule has 1 saturated heterocycles. The predicted octanol–water partition coefficient (Wildman–Crippen LogP) is 1.98. The molecule has 1 aromatic carbocycles. The molecule has 2 unspecified atom stereocenters. The van der Waals surface area contributed by atoms with E-state index >= 15 is 0 Å². The van der Waals surface area contributed by atoms with E-state index in [9.17, 15) is 13.6 Å². The highest BCUT2D eigenvalue weighted by molar-refractivity contribution is 5.75. The number of imidazole rings is 1. The fourth-order valence-electron chi connectivity index (χ4n) is 2.70. The number of H-pyrrole nitrogens is 1. The summed E-state index contributed by atoms with van der Waals surface area (Å²) in [6, 6.07) is 2.10. The van der Waals surface area contributed by atoms with Crippen molar-refractivity contribution in [1.29, 1.82) is 0 Å². The maximum absolute atomic E-state index is 13.2. The predicted molar refractivity (Wildman–Crippen MR) is 70.7 cm³/mol. The number of likely N-dealkylation sites (tertiary alicyclic amines) is 1. The summed E-state index contributed by atoms with van der Waals surface area (Å²) in [4.78, 5) is 19.4. The van der Waals surface area contributed by atoms with Gasteiger partial charge in [0, 0.05) is 24.6 Å². The molecule has 1 aliphatic heterocycles. The molecule has 2 aromatic rings. The van der Waals surface area contributed by atoms with Crippen LogP contribution in [-0.2, 0) is 0 Å². The maximum atomic E-state index is 13.2. The van der Waals surface area contributed by atoms with E-state index in [1.165, 1.54) is 4.90 Å². The molecule has 21 heavy (non-hydrogen) atoms. The van der Waals surface area contributed by atoms with Crippen molar-refractivity contribution in [2.75, 3.05) is 6.54 Å². The van der Waals surface area contributed by atoms with Crippen LogP contribution in [0.25, 0.3) is 11.0 Å². The summed E-state index contributed by atoms with van der Waals surface area (Å²) in [6.45, 7) is 0.306. The second-order valence-corrected chi connectivity index (χ2v) is 5.17. The molecule has 0 radical (unpaired) electrons. The second-order valence-electron chi connectivity index (χ2n) is 5.17. The molecule has 3 rings (SSSR count). The van der Waals surface area contributed by atoms with Gasteiger partial charge in [-0.2, -0.15) is 0 Å². The number of aromatic nitrogens is 2. The molecule has 8 heteroatoms. The van der Waals surface area contributed by atoms with E-state index in [2.05, 4.69) is 9.97 Å². The molecule has 2 atom stereocenters. The highest BCUT2D eigenvalue weighted by atomic mass is 19.2. The van der Waals surface area contributed by atoms with Gasteiger partial charge in [-0.25, -0.2) is 18.6 Å². The van der Waals surface area contributed by atoms with Crippen LogP contribution in [0.5, 0.6) is 0 Å². The molecule has 0 aliphatic carbocycles. The number of nitrogens with one attached hydrogen (secondary N) is 1. The zero-order valence-corrected chi connectivity index (χ0v) is 11.0. The number of nitrogens with two attached hydrogens (primary N) is 1. The molecule has 1 aliphatic rings. The molecular weight excluding hydrogens is 282 g/mol. The Morgan fingerprint density at radius 2 is 2.14 bits per heavy atom. The van der Waals surface area contributed by atoms with Gasteiger partial charge in [-0.15, -0.1) is 0 Å². The van der Waals surface area contributed by atoms with Crippen molar-refractivity contribution >= 4 is 17.1 Å². The van der Waals surface area contributed by atoms with Gasteiger partial charge in [0.05, 0.1) is 17.2 Å². The summed E-state index contributed by atoms with van der Waals surface area (Å²) >= 11 is 0. The second kappa shape index (κ2) is 4.96. The first kappa shape index (κ1) is 13.7. The average molecular weight is 296 g/mol. The maximum Gasteiger partial charge on any atom is 0.408 e. The van der Waals surface area contributed by atoms with Gasteiger partial charge in [-0.1, -0.05) is 0 Å². The highest BCUT2D eigenvalue weighted by Crippen LogP contribution is 2.30. The van der Waals surface area contributed by atoms with Crippen LogP contribution in [0, 0.1) is 11.6 Å². The Hall–Kier alpha value is -2.22. The Morgan fingerprint density at radius 3 is 2.81 bits per heavy atom. The molecule has 112 valence electrons. The van der Waals surface area contributed by atoms with Crippen LogP contribution < -0.4 is 5.73 Å². The minimum atomic E-state index is -1.05. The van der Waals surface area contributed by atoms with E-state index in [4.69, 9.17) is 10.8 Å². The molecule has 0 spiro atoms. The molecule has 1 aromatic heterocycles. The molecular formula is C13H14F2N4O2. The third kappa shape index (κ3) is 2.42. The quantitative estimate of drug-likeness (QED) is 0.750. The first-order chi connectivity index (χ1) is 9.95. The molecule has 4 N–H and O–H groups in total. The fourth-order valence-corrected chi connectivity index (χ4v) is 2.70. The molecule has 0 bridgehead atoms. The first-order valence-corrected chi connectivity index (χ1v) is 6.55. The minimum absolute atomic E-state index is 0.0610. The summed E-state index contributed by atoms with van der Waals surface area (Å²) in [5.41, 5.74) is 6.59. The number of fused-ring (bicyclic) bond motifs is 1. The van der Waals surface area contributed by atoms with Gasteiger partial charge in [-0.05, 0) is 12.8 Å². The van der Waals surface area contributed by atoms with E-state index < -0.39 is 23.9 Å². The molecule has 2 heterocycles. The minimum Gasteiger partial charge on any atom is -0.465 e. The highest BCUT2D eigenvalue weighted by Gasteiger charge is 2.31. The standard InChI is InChI=1S/C13H14F2N4O2/c14-7-4-9-10(5-8(7)15)18-12(17-9)6-1-2-19(13(20)21)11(16)3-6/h4-6,11H,1-3,16H2,(H,17,18)(H,20,21). The van der Waals surface area contributed by atoms with Gasteiger partial charge >= 0.3 is 6.09 Å². The van der Waals surface area contributed by atoms with E-state index in [-0.39, 0.29) is 5.92 Å². The lowest BCUT2D eigenvalue weighted by molar-refractivity contribution is 0.102. The fraction of sp³-hybridized carbons (Fsp3) is 0.385. The Labute approximate surface area is 118 Å². The van der Waals surface area contributed by atoms with E-state index in [1.54, 1.807) is 0 Å². The number of carboxylic acid groups (broad SMARTS) is 1. The number of piperidine rings is 1. The van der Waals surface area contributed by atoms with Crippen LogP contribution >= 0.6 is 0 Å². The van der Waals surface area contributed by atoms with Gasteiger partial charge in [0.15, 0.2) is 11.6 Å². The van der Waals surface area contributed by atoms with Crippen LogP contribution in [0.4, 0.5) is 13.6 Å². The Balaban J connectivity index is 1.86. The number of halogens is 2. The molecule has 0 saturated carbocycles. The van der Waals surface area contributed by atoms with Crippen molar-refractivity contribution in [3.05, 3.63) is 29.6 Å². The zero-order valence-electron chi connectivity index (χ0n) is 11.0. The SMILES string of the molecule is NC1CC(c2nc3cc(F)c(F)cc3[nH]2)CCN1C(=O)O. The summed E-state index contributed by atoms with van der Waals surface area (Å²) in [5, 5.41) is 8.98. The molecule has 1 fully saturated rings. The normalized spacial score (nSPS) is 22.7. The van der Waals surface area contributed by atoms with Gasteiger partial charge in [-0.3, -0.25) is 4.90 Å². The van der Waals surface area contributed by atoms with Crippen LogP contribution in [-0.4, -0.2) is 38.8 Å². The van der Waals surface area contributed by atoms with Gasteiger partial charge < -0.3 is 15.8 Å². The largest absolute Gasteiger partial charge is 0.465 e. The lowest BCUT2D eigenvalue weighted by Gasteiger charge is -2.34. The third-order valence-electron chi connectivity index (χ3n) is 3.82. The van der Waals surface area contributed by atoms with Crippen LogP contribution in [0.1, 0.15) is 24.6 Å². The van der Waals surface area contributed by atoms with Gasteiger partial charge in [0.2, 0.25) is 0 Å². The Bertz CT molecular complexity index is 664. The van der Waals surface area contributed by atoms with Crippen LogP contribution in [0.2, 0.25) is 0 Å². The van der Waals surface area contributed by atoms with Crippen LogP contribution in [0.15, 0.2) is 12.1 Å². The van der Waals surface area contributed by atoms with E-state index in [1.807, 2.05) is 0 Å². The van der Waals surface area contributed by atoms with Crippen molar-refractivity contribution < 1.29 is 18.7 Å². The molecule has 6 nitrogen and oxygen atoms in total. The Kier molecular flexibility index (Phi) is 3.25. The van der Waals surface area contributed by atoms with Crippen molar-refractivity contribution in [2.45, 2.75) is 24.9 Å². The summed E-state index contributed by atoms with van der Waals surface area (Å²) in [5.74, 6) is -1.36. The molecule has 1 amide bonds. The van der Waals surface area contributed by atoms with Crippen molar-refractivity contribution in [2.24, 2.45) is 5.73 Å². The zero-order chi connectivity index (χ0) is 15.1. The number of carbonyl (C=O) groups is 1.